The molecule has 23 heavy (non-hydrogen) atoms. The lowest BCUT2D eigenvalue weighted by Crippen LogP contribution is -2.36. The maximum absolute atomic E-state index is 11.4. The molecule has 0 aromatic carbocycles. The molecule has 1 rings (SSSR count). The van der Waals surface area contributed by atoms with Gasteiger partial charge in [-0.3, -0.25) is 4.90 Å². The molecule has 0 saturated carbocycles. The number of nitrogens with zero attached hydrogens (tertiary/aromatic N) is 1. The van der Waals surface area contributed by atoms with Gasteiger partial charge >= 0.3 is 11.9 Å². The summed E-state index contributed by atoms with van der Waals surface area (Å²) < 4.78 is 15.2. The summed E-state index contributed by atoms with van der Waals surface area (Å²) in [7, 11) is 0. The zero-order valence-electron chi connectivity index (χ0n) is 13.8. The first-order chi connectivity index (χ1) is 10.7. The molecule has 0 unspecified atom stereocenters. The molecule has 1 aliphatic rings. The highest BCUT2D eigenvalue weighted by atomic mass is 35.5. The molecule has 7 heteroatoms. The predicted molar refractivity (Wildman–Crippen MR) is 89.7 cm³/mol. The minimum Gasteiger partial charge on any atom is -0.463 e. The monoisotopic (exact) mass is 349 g/mol. The van der Waals surface area contributed by atoms with E-state index in [1.807, 2.05) is 6.92 Å². The summed E-state index contributed by atoms with van der Waals surface area (Å²) in [5.41, 5.74) is 0. The fraction of sp³-hybridized carbons (Fsp3) is 0.750. The van der Waals surface area contributed by atoms with Crippen molar-refractivity contribution < 1.29 is 23.8 Å². The second-order valence-electron chi connectivity index (χ2n) is 5.18. The molecule has 0 radical (unpaired) electrons. The smallest absolute Gasteiger partial charge is 0.331 e. The van der Waals surface area contributed by atoms with E-state index in [4.69, 9.17) is 14.2 Å². The molecule has 0 bridgehead atoms. The van der Waals surface area contributed by atoms with E-state index >= 15 is 0 Å². The largest absolute Gasteiger partial charge is 0.463 e. The number of rotatable bonds is 10. The Hall–Kier alpha value is -1.11. The minimum atomic E-state index is -0.502. The topological polar surface area (TPSA) is 65.1 Å². The highest BCUT2D eigenvalue weighted by molar-refractivity contribution is 5.91. The summed E-state index contributed by atoms with van der Waals surface area (Å²) in [5.74, 6) is -1.00. The highest BCUT2D eigenvalue weighted by Gasteiger charge is 2.09. The minimum absolute atomic E-state index is 0. The van der Waals surface area contributed by atoms with Gasteiger partial charge in [-0.15, -0.1) is 12.4 Å². The van der Waals surface area contributed by atoms with Crippen LogP contribution in [0.2, 0.25) is 0 Å². The molecule has 134 valence electrons. The fourth-order valence-corrected chi connectivity index (χ4v) is 1.98. The third-order valence-corrected chi connectivity index (χ3v) is 3.31. The number of ether oxygens (including phenoxy) is 3. The average molecular weight is 350 g/mol. The molecular weight excluding hydrogens is 322 g/mol. The van der Waals surface area contributed by atoms with Crippen molar-refractivity contribution in [2.24, 2.45) is 0 Å². The summed E-state index contributed by atoms with van der Waals surface area (Å²) in [5, 5.41) is 0. The third-order valence-electron chi connectivity index (χ3n) is 3.31. The molecule has 0 amide bonds. The van der Waals surface area contributed by atoms with E-state index in [0.717, 1.165) is 70.7 Å². The lowest BCUT2D eigenvalue weighted by Gasteiger charge is -2.26. The molecule has 1 fully saturated rings. The van der Waals surface area contributed by atoms with Gasteiger partial charge in [0.25, 0.3) is 0 Å². The standard InChI is InChI=1S/C16H27NO5.ClH/c1-2-3-11-21-15(18)6-7-16(19)22-12-5-4-8-17-9-13-20-14-10-17;/h6-7H,2-5,8-14H2,1H3;1H/b7-6+;. The molecule has 0 aromatic heterocycles. The van der Waals surface area contributed by atoms with Gasteiger partial charge in [0.2, 0.25) is 0 Å². The van der Waals surface area contributed by atoms with Gasteiger partial charge in [0.05, 0.1) is 26.4 Å². The number of halogens is 1. The Morgan fingerprint density at radius 1 is 1.00 bits per heavy atom. The number of unbranched alkanes of at least 4 members (excludes halogenated alkanes) is 2. The number of esters is 2. The normalized spacial score (nSPS) is 15.2. The van der Waals surface area contributed by atoms with Gasteiger partial charge in [0, 0.05) is 25.2 Å². The molecular formula is C16H28ClNO5. The van der Waals surface area contributed by atoms with Crippen LogP contribution in [0.5, 0.6) is 0 Å². The van der Waals surface area contributed by atoms with Crippen LogP contribution in [0, 0.1) is 0 Å². The van der Waals surface area contributed by atoms with E-state index in [0.29, 0.717) is 13.2 Å². The number of hydrogen-bond acceptors (Lipinski definition) is 6. The van der Waals surface area contributed by atoms with Crippen LogP contribution in [0.25, 0.3) is 0 Å². The van der Waals surface area contributed by atoms with E-state index in [1.54, 1.807) is 0 Å². The van der Waals surface area contributed by atoms with Gasteiger partial charge in [-0.1, -0.05) is 13.3 Å². The first kappa shape index (κ1) is 21.9. The van der Waals surface area contributed by atoms with Crippen LogP contribution in [0.15, 0.2) is 12.2 Å². The second kappa shape index (κ2) is 14.5. The number of carbonyl (C=O) groups excluding carboxylic acids is 2. The fourth-order valence-electron chi connectivity index (χ4n) is 1.98. The van der Waals surface area contributed by atoms with Crippen molar-refractivity contribution in [2.45, 2.75) is 32.6 Å². The highest BCUT2D eigenvalue weighted by Crippen LogP contribution is 2.00. The van der Waals surface area contributed by atoms with E-state index in [2.05, 4.69) is 4.90 Å². The molecule has 1 saturated heterocycles. The van der Waals surface area contributed by atoms with Crippen molar-refractivity contribution in [2.75, 3.05) is 46.1 Å². The Balaban J connectivity index is 0.00000484. The number of carbonyl (C=O) groups is 2. The number of hydrogen-bond donors (Lipinski definition) is 0. The molecule has 0 aliphatic carbocycles. The zero-order chi connectivity index (χ0) is 16.0. The Morgan fingerprint density at radius 3 is 2.13 bits per heavy atom. The quantitative estimate of drug-likeness (QED) is 0.341. The first-order valence-electron chi connectivity index (χ1n) is 8.04. The van der Waals surface area contributed by atoms with Crippen molar-refractivity contribution >= 4 is 24.3 Å². The van der Waals surface area contributed by atoms with Crippen LogP contribution < -0.4 is 0 Å². The van der Waals surface area contributed by atoms with E-state index in [-0.39, 0.29) is 12.4 Å². The van der Waals surface area contributed by atoms with Gasteiger partial charge in [-0.05, 0) is 25.8 Å². The van der Waals surface area contributed by atoms with E-state index < -0.39 is 11.9 Å². The summed E-state index contributed by atoms with van der Waals surface area (Å²) in [6.45, 7) is 7.32. The predicted octanol–water partition coefficient (Wildman–Crippen LogP) is 1.96. The van der Waals surface area contributed by atoms with Gasteiger partial charge in [0.1, 0.15) is 0 Å². The molecule has 1 heterocycles. The van der Waals surface area contributed by atoms with Gasteiger partial charge in [0.15, 0.2) is 0 Å². The van der Waals surface area contributed by atoms with Gasteiger partial charge in [-0.2, -0.15) is 0 Å². The van der Waals surface area contributed by atoms with E-state index in [9.17, 15) is 9.59 Å². The molecule has 0 atom stereocenters. The third kappa shape index (κ3) is 12.0. The van der Waals surface area contributed by atoms with Crippen molar-refractivity contribution in [3.8, 4) is 0 Å². The van der Waals surface area contributed by atoms with Crippen LogP contribution in [0.3, 0.4) is 0 Å². The van der Waals surface area contributed by atoms with E-state index in [1.165, 1.54) is 0 Å². The summed E-state index contributed by atoms with van der Waals surface area (Å²) >= 11 is 0. The molecule has 0 aromatic rings. The van der Waals surface area contributed by atoms with Gasteiger partial charge < -0.3 is 14.2 Å². The SMILES string of the molecule is CCCCOC(=O)/C=C/C(=O)OCCCCN1CCOCC1.Cl. The van der Waals surface area contributed by atoms with Crippen LogP contribution >= 0.6 is 12.4 Å². The van der Waals surface area contributed by atoms with Crippen LogP contribution in [-0.2, 0) is 23.8 Å². The second-order valence-corrected chi connectivity index (χ2v) is 5.18. The van der Waals surface area contributed by atoms with Crippen molar-refractivity contribution in [1.29, 1.82) is 0 Å². The Morgan fingerprint density at radius 2 is 1.57 bits per heavy atom. The summed E-state index contributed by atoms with van der Waals surface area (Å²) in [4.78, 5) is 25.0. The molecule has 1 aliphatic heterocycles. The van der Waals surface area contributed by atoms with Crippen molar-refractivity contribution in [1.82, 2.24) is 4.90 Å². The number of morpholine rings is 1. The Labute approximate surface area is 144 Å². The van der Waals surface area contributed by atoms with Crippen LogP contribution in [0.4, 0.5) is 0 Å². The lowest BCUT2D eigenvalue weighted by molar-refractivity contribution is -0.140. The maximum atomic E-state index is 11.4. The Bertz CT molecular complexity index is 356. The average Bonchev–Trinajstić information content (AvgIpc) is 2.54. The Kier molecular flexibility index (Phi) is 13.8. The zero-order valence-corrected chi connectivity index (χ0v) is 14.6. The van der Waals surface area contributed by atoms with Crippen LogP contribution in [-0.4, -0.2) is 62.9 Å². The summed E-state index contributed by atoms with van der Waals surface area (Å²) in [6.07, 6.45) is 5.83. The lowest BCUT2D eigenvalue weighted by atomic mass is 10.3. The van der Waals surface area contributed by atoms with Gasteiger partial charge in [-0.25, -0.2) is 9.59 Å². The van der Waals surface area contributed by atoms with Crippen molar-refractivity contribution in [3.05, 3.63) is 12.2 Å². The summed E-state index contributed by atoms with van der Waals surface area (Å²) in [6, 6.07) is 0. The first-order valence-corrected chi connectivity index (χ1v) is 8.04. The molecule has 0 spiro atoms. The van der Waals surface area contributed by atoms with Crippen molar-refractivity contribution in [3.63, 3.8) is 0 Å². The maximum Gasteiger partial charge on any atom is 0.331 e. The van der Waals surface area contributed by atoms with Crippen LogP contribution in [0.1, 0.15) is 32.6 Å². The molecule has 6 nitrogen and oxygen atoms in total. The molecule has 0 N–H and O–H groups in total.